The van der Waals surface area contributed by atoms with Gasteiger partial charge in [-0.15, -0.1) is 0 Å². The van der Waals surface area contributed by atoms with E-state index in [0.29, 0.717) is 6.29 Å². The quantitative estimate of drug-likeness (QED) is 0.617. The Hall–Kier alpha value is -0.900. The van der Waals surface area contributed by atoms with Gasteiger partial charge >= 0.3 is 0 Å². The smallest absolute Gasteiger partial charge is 0.300 e. The number of carboxylic acids is 1. The summed E-state index contributed by atoms with van der Waals surface area (Å²) in [7, 11) is 0. The molecule has 0 atom stereocenters. The van der Waals surface area contributed by atoms with Gasteiger partial charge in [-0.25, -0.2) is 0 Å². The Labute approximate surface area is 73.8 Å². The number of carboxylic acid groups (broad SMARTS) is 1. The van der Waals surface area contributed by atoms with Crippen molar-refractivity contribution in [3.05, 3.63) is 0 Å². The van der Waals surface area contributed by atoms with Gasteiger partial charge in [-0.05, 0) is 0 Å². The highest BCUT2D eigenvalue weighted by molar-refractivity contribution is 5.62. The lowest BCUT2D eigenvalue weighted by Gasteiger charge is -1.68. The van der Waals surface area contributed by atoms with Crippen molar-refractivity contribution in [1.29, 1.82) is 0 Å². The maximum Gasteiger partial charge on any atom is 0.300 e. The van der Waals surface area contributed by atoms with Crippen LogP contribution in [0.15, 0.2) is 0 Å². The zero-order chi connectivity index (χ0) is 10.4. The second-order valence-corrected chi connectivity index (χ2v) is 1.92. The van der Waals surface area contributed by atoms with Crippen molar-refractivity contribution in [3.8, 4) is 0 Å². The van der Waals surface area contributed by atoms with Gasteiger partial charge in [0.2, 0.25) is 0 Å². The molecule has 0 fully saturated rings. The van der Waals surface area contributed by atoms with E-state index in [2.05, 4.69) is 19.6 Å². The van der Waals surface area contributed by atoms with Crippen molar-refractivity contribution in [2.24, 2.45) is 5.73 Å². The van der Waals surface area contributed by atoms with Gasteiger partial charge in [0.25, 0.3) is 5.97 Å². The molecule has 74 valence electrons. The molecule has 0 unspecified atom stereocenters. The molecule has 0 spiro atoms. The highest BCUT2D eigenvalue weighted by Crippen LogP contribution is 1.76. The molecule has 0 aliphatic heterocycles. The molecule has 0 heterocycles. The number of carbonyl (C=O) groups excluding carboxylic acids is 1. The summed E-state index contributed by atoms with van der Waals surface area (Å²) in [5.41, 5.74) is 4.66. The third kappa shape index (κ3) is 493. The molecule has 0 aromatic heterocycles. The molecule has 0 radical (unpaired) electrons. The third-order valence-corrected chi connectivity index (χ3v) is 0.596. The summed E-state index contributed by atoms with van der Waals surface area (Å²) in [5.74, 6) is -0.833. The predicted octanol–water partition coefficient (Wildman–Crippen LogP) is 1.04. The number of carbonyl (C=O) groups is 2. The van der Waals surface area contributed by atoms with E-state index in [4.69, 9.17) is 14.7 Å². The maximum atomic E-state index is 9.05. The summed E-state index contributed by atoms with van der Waals surface area (Å²) in [6.45, 7) is 5.58. The molecule has 4 nitrogen and oxygen atoms in total. The van der Waals surface area contributed by atoms with Gasteiger partial charge in [-0.1, -0.05) is 26.7 Å². The molecule has 4 heteroatoms. The van der Waals surface area contributed by atoms with Crippen LogP contribution in [0.1, 0.15) is 33.6 Å². The fraction of sp³-hybridized carbons (Fsp3) is 0.750. The Morgan fingerprint density at radius 3 is 1.58 bits per heavy atom. The maximum absolute atomic E-state index is 9.05. The van der Waals surface area contributed by atoms with Crippen LogP contribution in [0.25, 0.3) is 0 Å². The first-order chi connectivity index (χ1) is 5.56. The van der Waals surface area contributed by atoms with Crippen molar-refractivity contribution in [3.63, 3.8) is 0 Å². The van der Waals surface area contributed by atoms with Gasteiger partial charge in [-0.2, -0.15) is 0 Å². The minimum Gasteiger partial charge on any atom is -0.481 e. The normalized spacial score (nSPS) is 6.67. The first-order valence-electron chi connectivity index (χ1n) is 3.89. The molecule has 0 aromatic carbocycles. The van der Waals surface area contributed by atoms with Crippen LogP contribution >= 0.6 is 0 Å². The van der Waals surface area contributed by atoms with Gasteiger partial charge in [0.15, 0.2) is 0 Å². The summed E-state index contributed by atoms with van der Waals surface area (Å²) < 4.78 is 0. The zero-order valence-corrected chi connectivity index (χ0v) is 8.04. The predicted molar refractivity (Wildman–Crippen MR) is 49.0 cm³/mol. The summed E-state index contributed by atoms with van der Waals surface area (Å²) in [6.07, 6.45) is 3.29. The van der Waals surface area contributed by atoms with Crippen LogP contribution in [-0.4, -0.2) is 23.9 Å². The highest BCUT2D eigenvalue weighted by Gasteiger charge is 1.65. The fourth-order valence-corrected chi connectivity index (χ4v) is 0. The monoisotopic (exact) mass is 177 g/mol. The summed E-state index contributed by atoms with van der Waals surface area (Å²) in [4.78, 5) is 18.0. The van der Waals surface area contributed by atoms with Crippen molar-refractivity contribution in [1.82, 2.24) is 0 Å². The standard InChI is InChI=1S/C4H10.C2H5NO.C2H4O2/c1-3-4-2;3-1-2-4;1-2(3)4/h3-4H2,1-2H3;2H,1,3H2;1H3,(H,3,4). The lowest BCUT2D eigenvalue weighted by molar-refractivity contribution is -0.134. The van der Waals surface area contributed by atoms with Gasteiger partial charge in [0, 0.05) is 13.5 Å². The minimum absolute atomic E-state index is 0.139. The summed E-state index contributed by atoms with van der Waals surface area (Å²) >= 11 is 0. The molecule has 12 heavy (non-hydrogen) atoms. The SMILES string of the molecule is CC(=O)O.CCCC.NCC=O. The van der Waals surface area contributed by atoms with E-state index < -0.39 is 5.97 Å². The van der Waals surface area contributed by atoms with Crippen molar-refractivity contribution < 1.29 is 14.7 Å². The van der Waals surface area contributed by atoms with E-state index in [1.807, 2.05) is 0 Å². The molecule has 0 aromatic rings. The van der Waals surface area contributed by atoms with Crippen LogP contribution in [-0.2, 0) is 9.59 Å². The molecular weight excluding hydrogens is 158 g/mol. The van der Waals surface area contributed by atoms with Gasteiger partial charge in [0.1, 0.15) is 6.29 Å². The highest BCUT2D eigenvalue weighted by atomic mass is 16.4. The van der Waals surface area contributed by atoms with E-state index in [-0.39, 0.29) is 6.54 Å². The number of unbranched alkanes of at least 4 members (excludes halogenated alkanes) is 1. The number of aldehydes is 1. The van der Waals surface area contributed by atoms with Crippen LogP contribution in [0.2, 0.25) is 0 Å². The molecule has 3 N–H and O–H groups in total. The van der Waals surface area contributed by atoms with Gasteiger partial charge in [0.05, 0.1) is 0 Å². The van der Waals surface area contributed by atoms with Crippen molar-refractivity contribution >= 4 is 12.3 Å². The molecular formula is C8H19NO3. The molecule has 0 rings (SSSR count). The summed E-state index contributed by atoms with van der Waals surface area (Å²) in [6, 6.07) is 0. The fourth-order valence-electron chi connectivity index (χ4n) is 0. The Kier molecular flexibility index (Phi) is 32.3. The third-order valence-electron chi connectivity index (χ3n) is 0.596. The van der Waals surface area contributed by atoms with Crippen LogP contribution in [0.3, 0.4) is 0 Å². The van der Waals surface area contributed by atoms with Crippen molar-refractivity contribution in [2.45, 2.75) is 33.6 Å². The molecule has 0 aliphatic rings. The first-order valence-corrected chi connectivity index (χ1v) is 3.89. The van der Waals surface area contributed by atoms with Crippen LogP contribution in [0.5, 0.6) is 0 Å². The van der Waals surface area contributed by atoms with Crippen molar-refractivity contribution in [2.75, 3.05) is 6.54 Å². The molecule has 0 saturated heterocycles. The Bertz CT molecular complexity index is 88.3. The topological polar surface area (TPSA) is 80.4 Å². The second kappa shape index (κ2) is 22.5. The van der Waals surface area contributed by atoms with E-state index >= 15 is 0 Å². The zero-order valence-electron chi connectivity index (χ0n) is 8.04. The molecule has 0 bridgehead atoms. The number of rotatable bonds is 2. The Morgan fingerprint density at radius 2 is 1.58 bits per heavy atom. The molecule has 0 aliphatic carbocycles. The van der Waals surface area contributed by atoms with E-state index in [1.165, 1.54) is 12.8 Å². The van der Waals surface area contributed by atoms with E-state index in [0.717, 1.165) is 6.92 Å². The number of hydrogen-bond acceptors (Lipinski definition) is 3. The number of hydrogen-bond donors (Lipinski definition) is 2. The minimum atomic E-state index is -0.833. The molecule has 0 saturated carbocycles. The van der Waals surface area contributed by atoms with Crippen LogP contribution in [0.4, 0.5) is 0 Å². The number of aliphatic carboxylic acids is 1. The van der Waals surface area contributed by atoms with Crippen LogP contribution in [0, 0.1) is 0 Å². The first kappa shape index (κ1) is 17.3. The largest absolute Gasteiger partial charge is 0.481 e. The second-order valence-electron chi connectivity index (χ2n) is 1.92. The molecule has 0 amide bonds. The lowest BCUT2D eigenvalue weighted by Crippen LogP contribution is -1.97. The summed E-state index contributed by atoms with van der Waals surface area (Å²) in [5, 5.41) is 7.42. The van der Waals surface area contributed by atoms with Crippen LogP contribution < -0.4 is 5.73 Å². The average molecular weight is 177 g/mol. The lowest BCUT2D eigenvalue weighted by atomic mass is 10.4. The Morgan fingerprint density at radius 1 is 1.42 bits per heavy atom. The average Bonchev–Trinajstić information content (AvgIpc) is 2.03. The Balaban J connectivity index is -0.000000101. The van der Waals surface area contributed by atoms with Gasteiger partial charge in [-0.3, -0.25) is 4.79 Å². The van der Waals surface area contributed by atoms with E-state index in [9.17, 15) is 0 Å². The number of nitrogens with two attached hydrogens (primary N) is 1. The van der Waals surface area contributed by atoms with E-state index in [1.54, 1.807) is 0 Å². The van der Waals surface area contributed by atoms with Gasteiger partial charge < -0.3 is 15.6 Å².